The van der Waals surface area contributed by atoms with Crippen LogP contribution in [0, 0.1) is 0 Å². The predicted molar refractivity (Wildman–Crippen MR) is 81.8 cm³/mol. The van der Waals surface area contributed by atoms with E-state index < -0.39 is 6.10 Å². The zero-order valence-electron chi connectivity index (χ0n) is 12.5. The number of benzene rings is 1. The van der Waals surface area contributed by atoms with Crippen molar-refractivity contribution in [3.8, 4) is 0 Å². The van der Waals surface area contributed by atoms with E-state index in [1.807, 2.05) is 35.1 Å². The number of hydrogen-bond donors (Lipinski definition) is 1. The Bertz CT molecular complexity index is 521. The first-order valence-electron chi connectivity index (χ1n) is 7.38. The molecule has 108 valence electrons. The van der Waals surface area contributed by atoms with Gasteiger partial charge in [0.25, 0.3) is 0 Å². The molecule has 0 saturated heterocycles. The van der Waals surface area contributed by atoms with Crippen molar-refractivity contribution in [1.29, 1.82) is 0 Å². The Morgan fingerprint density at radius 2 is 1.85 bits per heavy atom. The van der Waals surface area contributed by atoms with Gasteiger partial charge in [-0.3, -0.25) is 4.68 Å². The Hall–Kier alpha value is -1.61. The molecule has 3 nitrogen and oxygen atoms in total. The van der Waals surface area contributed by atoms with E-state index >= 15 is 0 Å². The molecule has 0 bridgehead atoms. The summed E-state index contributed by atoms with van der Waals surface area (Å²) >= 11 is 0. The van der Waals surface area contributed by atoms with E-state index in [1.54, 1.807) is 0 Å². The fourth-order valence-corrected chi connectivity index (χ4v) is 2.29. The maximum absolute atomic E-state index is 10.4. The summed E-state index contributed by atoms with van der Waals surface area (Å²) in [5.41, 5.74) is 2.13. The summed E-state index contributed by atoms with van der Waals surface area (Å²) in [4.78, 5) is 0. The van der Waals surface area contributed by atoms with E-state index in [0.29, 0.717) is 12.5 Å². The third kappa shape index (κ3) is 3.48. The summed E-state index contributed by atoms with van der Waals surface area (Å²) in [5.74, 6) is 0.116. The van der Waals surface area contributed by atoms with Gasteiger partial charge in [0.05, 0.1) is 11.8 Å². The maximum Gasteiger partial charge on any atom is 0.0662 e. The van der Waals surface area contributed by atoms with Gasteiger partial charge < -0.3 is 5.11 Å². The van der Waals surface area contributed by atoms with Gasteiger partial charge in [-0.25, -0.2) is 0 Å². The summed E-state index contributed by atoms with van der Waals surface area (Å²) in [6.07, 6.45) is 3.25. The van der Waals surface area contributed by atoms with Gasteiger partial charge in [0.1, 0.15) is 0 Å². The minimum Gasteiger partial charge on any atom is -0.392 e. The van der Waals surface area contributed by atoms with Gasteiger partial charge in [-0.1, -0.05) is 44.2 Å². The first kappa shape index (κ1) is 14.8. The molecule has 0 spiro atoms. The molecule has 2 aromatic rings. The lowest BCUT2D eigenvalue weighted by Crippen LogP contribution is -2.19. The van der Waals surface area contributed by atoms with Crippen LogP contribution in [0.1, 0.15) is 50.4 Å². The molecule has 2 rings (SSSR count). The fourth-order valence-electron chi connectivity index (χ4n) is 2.29. The van der Waals surface area contributed by atoms with Crippen LogP contribution in [0.5, 0.6) is 0 Å². The van der Waals surface area contributed by atoms with Crippen LogP contribution in [0.3, 0.4) is 0 Å². The molecule has 0 aliphatic carbocycles. The number of hydrogen-bond acceptors (Lipinski definition) is 2. The molecule has 1 aromatic carbocycles. The Balaban J connectivity index is 2.01. The standard InChI is InChI=1S/C17H24N2O/c1-4-13(2)19-11-10-16(18-19)12-17(20)14(3)15-8-6-5-7-9-15/h5-11,13-14,17,20H,4,12H2,1-3H3. The highest BCUT2D eigenvalue weighted by Gasteiger charge is 2.18. The highest BCUT2D eigenvalue weighted by Crippen LogP contribution is 2.21. The van der Waals surface area contributed by atoms with E-state index in [9.17, 15) is 5.11 Å². The summed E-state index contributed by atoms with van der Waals surface area (Å²) in [5, 5.41) is 14.9. The topological polar surface area (TPSA) is 38.0 Å². The Kier molecular flexibility index (Phi) is 4.96. The molecule has 0 fully saturated rings. The third-order valence-electron chi connectivity index (χ3n) is 4.03. The highest BCUT2D eigenvalue weighted by molar-refractivity contribution is 5.20. The largest absolute Gasteiger partial charge is 0.392 e. The van der Waals surface area contributed by atoms with Gasteiger partial charge in [-0.05, 0) is 25.0 Å². The number of aliphatic hydroxyl groups is 1. The van der Waals surface area contributed by atoms with Gasteiger partial charge in [0.2, 0.25) is 0 Å². The number of rotatable bonds is 6. The lowest BCUT2D eigenvalue weighted by molar-refractivity contribution is 0.148. The molecule has 0 aliphatic rings. The predicted octanol–water partition coefficient (Wildman–Crippen LogP) is 3.56. The van der Waals surface area contributed by atoms with Gasteiger partial charge in [-0.15, -0.1) is 0 Å². The Morgan fingerprint density at radius 1 is 1.15 bits per heavy atom. The minimum absolute atomic E-state index is 0.116. The van der Waals surface area contributed by atoms with Gasteiger partial charge in [-0.2, -0.15) is 5.10 Å². The fraction of sp³-hybridized carbons (Fsp3) is 0.471. The first-order valence-corrected chi connectivity index (χ1v) is 7.38. The molecule has 0 amide bonds. The summed E-state index contributed by atoms with van der Waals surface area (Å²) in [7, 11) is 0. The van der Waals surface area contributed by atoms with E-state index in [-0.39, 0.29) is 5.92 Å². The average molecular weight is 272 g/mol. The molecular formula is C17H24N2O. The van der Waals surface area contributed by atoms with E-state index in [4.69, 9.17) is 0 Å². The zero-order chi connectivity index (χ0) is 14.5. The molecule has 0 saturated carbocycles. The molecule has 0 aliphatic heterocycles. The Labute approximate surface area is 121 Å². The lowest BCUT2D eigenvalue weighted by Gasteiger charge is -2.18. The van der Waals surface area contributed by atoms with Gasteiger partial charge >= 0.3 is 0 Å². The zero-order valence-corrected chi connectivity index (χ0v) is 12.5. The SMILES string of the molecule is CCC(C)n1ccc(CC(O)C(C)c2ccccc2)n1. The van der Waals surface area contributed by atoms with Gasteiger partial charge in [0, 0.05) is 24.6 Å². The second-order valence-electron chi connectivity index (χ2n) is 5.52. The second kappa shape index (κ2) is 6.71. The van der Waals surface area contributed by atoms with Crippen LogP contribution in [-0.4, -0.2) is 21.0 Å². The second-order valence-corrected chi connectivity index (χ2v) is 5.52. The average Bonchev–Trinajstić information content (AvgIpc) is 2.95. The van der Waals surface area contributed by atoms with Crippen molar-refractivity contribution >= 4 is 0 Å². The molecule has 0 radical (unpaired) electrons. The van der Waals surface area contributed by atoms with Crippen molar-refractivity contribution in [3.63, 3.8) is 0 Å². The highest BCUT2D eigenvalue weighted by atomic mass is 16.3. The molecule has 3 atom stereocenters. The molecule has 1 heterocycles. The molecule has 1 N–H and O–H groups in total. The van der Waals surface area contributed by atoms with Crippen molar-refractivity contribution in [2.24, 2.45) is 0 Å². The summed E-state index contributed by atoms with van der Waals surface area (Å²) < 4.78 is 1.98. The van der Waals surface area contributed by atoms with Crippen LogP contribution < -0.4 is 0 Å². The summed E-state index contributed by atoms with van der Waals surface area (Å²) in [6, 6.07) is 12.6. The van der Waals surface area contributed by atoms with Crippen LogP contribution in [0.4, 0.5) is 0 Å². The number of nitrogens with zero attached hydrogens (tertiary/aromatic N) is 2. The van der Waals surface area contributed by atoms with Crippen LogP contribution in [0.2, 0.25) is 0 Å². The van der Waals surface area contributed by atoms with E-state index in [0.717, 1.165) is 12.1 Å². The number of aliphatic hydroxyl groups excluding tert-OH is 1. The third-order valence-corrected chi connectivity index (χ3v) is 4.03. The van der Waals surface area contributed by atoms with E-state index in [2.05, 4.69) is 38.0 Å². The maximum atomic E-state index is 10.4. The smallest absolute Gasteiger partial charge is 0.0662 e. The van der Waals surface area contributed by atoms with Crippen LogP contribution >= 0.6 is 0 Å². The minimum atomic E-state index is -0.405. The van der Waals surface area contributed by atoms with Crippen LogP contribution in [-0.2, 0) is 6.42 Å². The van der Waals surface area contributed by atoms with Crippen molar-refractivity contribution in [1.82, 2.24) is 9.78 Å². The monoisotopic (exact) mass is 272 g/mol. The first-order chi connectivity index (χ1) is 9.61. The summed E-state index contributed by atoms with van der Waals surface area (Å²) in [6.45, 7) is 6.36. The van der Waals surface area contributed by atoms with Crippen molar-refractivity contribution in [2.75, 3.05) is 0 Å². The molecule has 3 unspecified atom stereocenters. The molecule has 3 heteroatoms. The van der Waals surface area contributed by atoms with Crippen molar-refractivity contribution in [3.05, 3.63) is 53.9 Å². The lowest BCUT2D eigenvalue weighted by atomic mass is 9.93. The molecule has 20 heavy (non-hydrogen) atoms. The van der Waals surface area contributed by atoms with Crippen molar-refractivity contribution < 1.29 is 5.11 Å². The molecular weight excluding hydrogens is 248 g/mol. The Morgan fingerprint density at radius 3 is 2.50 bits per heavy atom. The normalized spacial score (nSPS) is 15.8. The van der Waals surface area contributed by atoms with Gasteiger partial charge in [0.15, 0.2) is 0 Å². The number of aromatic nitrogens is 2. The molecule has 1 aromatic heterocycles. The van der Waals surface area contributed by atoms with E-state index in [1.165, 1.54) is 5.56 Å². The van der Waals surface area contributed by atoms with Crippen LogP contribution in [0.15, 0.2) is 42.6 Å². The van der Waals surface area contributed by atoms with Crippen LogP contribution in [0.25, 0.3) is 0 Å². The quantitative estimate of drug-likeness (QED) is 0.873. The van der Waals surface area contributed by atoms with Crippen molar-refractivity contribution in [2.45, 2.75) is 51.7 Å².